The monoisotopic (exact) mass is 417 g/mol. The molecule has 1 aliphatic heterocycles. The molecule has 7 heteroatoms. The highest BCUT2D eigenvalue weighted by molar-refractivity contribution is 6.00. The number of pyridine rings is 1. The zero-order chi connectivity index (χ0) is 21.8. The van der Waals surface area contributed by atoms with Crippen LogP contribution in [0, 0.1) is 12.8 Å². The molecule has 0 radical (unpaired) electrons. The van der Waals surface area contributed by atoms with Gasteiger partial charge in [-0.05, 0) is 37.0 Å². The smallest absolute Gasteiger partial charge is 0.246 e. The average Bonchev–Trinajstić information content (AvgIpc) is 3.10. The van der Waals surface area contributed by atoms with Crippen LogP contribution in [-0.4, -0.2) is 38.7 Å². The molecule has 2 aromatic heterocycles. The van der Waals surface area contributed by atoms with Crippen molar-refractivity contribution < 1.29 is 9.18 Å². The second-order valence-electron chi connectivity index (χ2n) is 8.59. The van der Waals surface area contributed by atoms with Gasteiger partial charge in [-0.25, -0.2) is 9.37 Å². The molecule has 3 aromatic rings. The molecule has 1 amide bonds. The Hall–Kier alpha value is -3.48. The number of nitrogens with zero attached hydrogens (tertiary/aromatic N) is 4. The van der Waals surface area contributed by atoms with Gasteiger partial charge in [0.25, 0.3) is 0 Å². The van der Waals surface area contributed by atoms with Crippen LogP contribution < -0.4 is 5.73 Å². The van der Waals surface area contributed by atoms with Crippen molar-refractivity contribution in [3.05, 3.63) is 65.3 Å². The van der Waals surface area contributed by atoms with Crippen molar-refractivity contribution in [2.24, 2.45) is 13.0 Å². The Morgan fingerprint density at radius 1 is 1.29 bits per heavy atom. The third kappa shape index (κ3) is 3.12. The molecule has 2 fully saturated rings. The zero-order valence-electron chi connectivity index (χ0n) is 17.5. The molecule has 0 unspecified atom stereocenters. The van der Waals surface area contributed by atoms with E-state index in [4.69, 9.17) is 5.73 Å². The number of halogens is 1. The number of benzene rings is 1. The number of carbonyl (C=O) groups is 1. The standard InChI is InChI=1S/C24H24FN5O/c1-15-3-5-16(6-4-15)24-11-17(24)13-30(14-24)21(31)8-7-18-20(9-10-25)28-23(26)19-12-27-29(2)22(18)19/h3-10,12,17H,11,13-14H2,1-2H3,(H2,26,28)/b8-7+,10-9+/t17-,24+/m1/s1. The quantitative estimate of drug-likeness (QED) is 0.658. The maximum atomic E-state index is 13.0. The number of fused-ring (bicyclic) bond motifs is 2. The number of carbonyl (C=O) groups excluding carboxylic acids is 1. The Bertz CT molecular complexity index is 1240. The third-order valence-corrected chi connectivity index (χ3v) is 6.68. The molecule has 1 aliphatic carbocycles. The first-order valence-electron chi connectivity index (χ1n) is 10.3. The van der Waals surface area contributed by atoms with Crippen molar-refractivity contribution in [1.82, 2.24) is 19.7 Å². The van der Waals surface area contributed by atoms with Crippen LogP contribution in [0.3, 0.4) is 0 Å². The number of rotatable bonds is 4. The Morgan fingerprint density at radius 3 is 2.81 bits per heavy atom. The number of hydrogen-bond donors (Lipinski definition) is 1. The van der Waals surface area contributed by atoms with Gasteiger partial charge in [-0.2, -0.15) is 5.10 Å². The molecule has 2 atom stereocenters. The summed E-state index contributed by atoms with van der Waals surface area (Å²) in [6.45, 7) is 3.57. The summed E-state index contributed by atoms with van der Waals surface area (Å²) in [4.78, 5) is 19.2. The first kappa shape index (κ1) is 19.5. The normalized spacial score (nSPS) is 22.7. The topological polar surface area (TPSA) is 77.0 Å². The number of likely N-dealkylation sites (tertiary alicyclic amines) is 1. The fourth-order valence-corrected chi connectivity index (χ4v) is 4.91. The van der Waals surface area contributed by atoms with Crippen molar-refractivity contribution in [2.75, 3.05) is 18.8 Å². The highest BCUT2D eigenvalue weighted by atomic mass is 19.1. The Labute approximate surface area is 179 Å². The van der Waals surface area contributed by atoms with Gasteiger partial charge >= 0.3 is 0 Å². The second kappa shape index (κ2) is 7.04. The molecule has 1 saturated heterocycles. The van der Waals surface area contributed by atoms with Crippen molar-refractivity contribution in [3.63, 3.8) is 0 Å². The summed E-state index contributed by atoms with van der Waals surface area (Å²) in [5, 5.41) is 4.91. The molecular weight excluding hydrogens is 393 g/mol. The van der Waals surface area contributed by atoms with Gasteiger partial charge in [0.05, 0.1) is 29.1 Å². The summed E-state index contributed by atoms with van der Waals surface area (Å²) in [6.07, 6.45) is 7.65. The van der Waals surface area contributed by atoms with E-state index in [0.717, 1.165) is 19.5 Å². The number of anilines is 1. The zero-order valence-corrected chi connectivity index (χ0v) is 17.5. The lowest BCUT2D eigenvalue weighted by Gasteiger charge is -2.20. The largest absolute Gasteiger partial charge is 0.383 e. The van der Waals surface area contributed by atoms with Crippen LogP contribution in [0.15, 0.2) is 42.9 Å². The van der Waals surface area contributed by atoms with Crippen LogP contribution >= 0.6 is 0 Å². The molecule has 31 heavy (non-hydrogen) atoms. The maximum absolute atomic E-state index is 13.0. The predicted molar refractivity (Wildman–Crippen MR) is 120 cm³/mol. The van der Waals surface area contributed by atoms with Gasteiger partial charge in [-0.1, -0.05) is 29.8 Å². The Kier molecular flexibility index (Phi) is 4.43. The highest BCUT2D eigenvalue weighted by Gasteiger charge is 2.61. The van der Waals surface area contributed by atoms with E-state index in [1.165, 1.54) is 17.2 Å². The minimum atomic E-state index is -0.0546. The number of piperidine rings is 1. The van der Waals surface area contributed by atoms with Gasteiger partial charge in [-0.15, -0.1) is 0 Å². The predicted octanol–water partition coefficient (Wildman–Crippen LogP) is 3.61. The number of nitrogen functional groups attached to an aromatic ring is 1. The van der Waals surface area contributed by atoms with Crippen molar-refractivity contribution >= 4 is 34.8 Å². The molecule has 158 valence electrons. The molecular formula is C24H24FN5O. The van der Waals surface area contributed by atoms with Gasteiger partial charge in [-0.3, -0.25) is 9.48 Å². The molecule has 0 spiro atoms. The third-order valence-electron chi connectivity index (χ3n) is 6.68. The maximum Gasteiger partial charge on any atom is 0.246 e. The summed E-state index contributed by atoms with van der Waals surface area (Å²) in [5.41, 5.74) is 10.3. The summed E-state index contributed by atoms with van der Waals surface area (Å²) >= 11 is 0. The Morgan fingerprint density at radius 2 is 2.06 bits per heavy atom. The van der Waals surface area contributed by atoms with E-state index >= 15 is 0 Å². The van der Waals surface area contributed by atoms with E-state index in [9.17, 15) is 9.18 Å². The van der Waals surface area contributed by atoms with Crippen molar-refractivity contribution in [2.45, 2.75) is 18.8 Å². The second-order valence-corrected chi connectivity index (χ2v) is 8.59. The molecule has 6 nitrogen and oxygen atoms in total. The highest BCUT2D eigenvalue weighted by Crippen LogP contribution is 2.59. The SMILES string of the molecule is Cc1ccc([C@@]23C[C@@H]2CN(C(=O)/C=C/c2c(/C=C/F)nc(N)c4cnn(C)c24)C3)cc1. The molecule has 3 heterocycles. The summed E-state index contributed by atoms with van der Waals surface area (Å²) in [5.74, 6) is 0.736. The molecule has 1 saturated carbocycles. The van der Waals surface area contributed by atoms with Crippen LogP contribution in [0.5, 0.6) is 0 Å². The van der Waals surface area contributed by atoms with Crippen LogP contribution in [0.4, 0.5) is 10.2 Å². The Balaban J connectivity index is 1.42. The van der Waals surface area contributed by atoms with E-state index in [0.29, 0.717) is 34.4 Å². The fourth-order valence-electron chi connectivity index (χ4n) is 4.91. The van der Waals surface area contributed by atoms with Crippen molar-refractivity contribution in [3.8, 4) is 0 Å². The molecule has 0 bridgehead atoms. The van der Waals surface area contributed by atoms with Crippen molar-refractivity contribution in [1.29, 1.82) is 0 Å². The number of amides is 1. The summed E-state index contributed by atoms with van der Waals surface area (Å²) < 4.78 is 14.6. The number of nitrogens with two attached hydrogens (primary N) is 1. The van der Waals surface area contributed by atoms with E-state index in [-0.39, 0.29) is 17.1 Å². The molecule has 2 aliphatic rings. The van der Waals surface area contributed by atoms with Crippen LogP contribution in [0.2, 0.25) is 0 Å². The first-order chi connectivity index (χ1) is 14.9. The van der Waals surface area contributed by atoms with Gasteiger partial charge in [0.15, 0.2) is 0 Å². The van der Waals surface area contributed by atoms with E-state index in [1.54, 1.807) is 30.1 Å². The van der Waals surface area contributed by atoms with Gasteiger partial charge < -0.3 is 10.6 Å². The van der Waals surface area contributed by atoms with Gasteiger partial charge in [0, 0.05) is 37.2 Å². The van der Waals surface area contributed by atoms with E-state index < -0.39 is 0 Å². The minimum absolute atomic E-state index is 0.0546. The molecule has 5 rings (SSSR count). The summed E-state index contributed by atoms with van der Waals surface area (Å²) in [7, 11) is 1.78. The summed E-state index contributed by atoms with van der Waals surface area (Å²) in [6, 6.07) is 8.65. The van der Waals surface area contributed by atoms with E-state index in [1.807, 2.05) is 4.90 Å². The van der Waals surface area contributed by atoms with Gasteiger partial charge in [0.2, 0.25) is 5.91 Å². The lowest BCUT2D eigenvalue weighted by Crippen LogP contribution is -2.31. The number of hydrogen-bond acceptors (Lipinski definition) is 4. The molecule has 2 N–H and O–H groups in total. The lowest BCUT2D eigenvalue weighted by atomic mass is 9.94. The lowest BCUT2D eigenvalue weighted by molar-refractivity contribution is -0.125. The van der Waals surface area contributed by atoms with Crippen LogP contribution in [0.25, 0.3) is 23.1 Å². The average molecular weight is 417 g/mol. The molecule has 1 aromatic carbocycles. The number of aromatic nitrogens is 3. The van der Waals surface area contributed by atoms with Crippen LogP contribution in [-0.2, 0) is 17.3 Å². The first-order valence-corrected chi connectivity index (χ1v) is 10.3. The minimum Gasteiger partial charge on any atom is -0.383 e. The number of aryl methyl sites for hydroxylation is 2. The van der Waals surface area contributed by atoms with Crippen LogP contribution in [0.1, 0.15) is 28.8 Å². The van der Waals surface area contributed by atoms with Gasteiger partial charge in [0.1, 0.15) is 5.82 Å². The van der Waals surface area contributed by atoms with E-state index in [2.05, 4.69) is 41.3 Å². The fraction of sp³-hybridized carbons (Fsp3) is 0.292.